The number of nitrogens with one attached hydrogen (secondary N) is 3. The minimum absolute atomic E-state index is 0.0310. The number of aliphatic hydroxyl groups is 1. The van der Waals surface area contributed by atoms with Crippen LogP contribution in [-0.2, 0) is 35.6 Å². The van der Waals surface area contributed by atoms with Crippen molar-refractivity contribution in [1.29, 1.82) is 0 Å². The van der Waals surface area contributed by atoms with Gasteiger partial charge in [0.25, 0.3) is 5.91 Å². The number of halogens is 2. The van der Waals surface area contributed by atoms with E-state index in [2.05, 4.69) is 25.0 Å². The summed E-state index contributed by atoms with van der Waals surface area (Å²) in [6.45, 7) is 7.65. The summed E-state index contributed by atoms with van der Waals surface area (Å²) in [5.41, 5.74) is 4.33. The third-order valence-corrected chi connectivity index (χ3v) is 13.6. The molecule has 0 saturated carbocycles. The van der Waals surface area contributed by atoms with Crippen LogP contribution in [-0.4, -0.2) is 128 Å². The van der Waals surface area contributed by atoms with Crippen LogP contribution >= 0.6 is 11.3 Å². The number of β-amino-alcohol motifs (C(OH)–C–C–N with tert-alkyl or cyclic N) is 1. The average Bonchev–Trinajstić information content (AvgIpc) is 4.09. The van der Waals surface area contributed by atoms with Crippen molar-refractivity contribution < 1.29 is 60.4 Å². The predicted molar refractivity (Wildman–Crippen MR) is 258 cm³/mol. The summed E-state index contributed by atoms with van der Waals surface area (Å²) in [7, 11) is -3.91. The van der Waals surface area contributed by atoms with Gasteiger partial charge in [-0.25, -0.2) is 27.2 Å². The molecule has 3 aromatic carbocycles. The third-order valence-electron chi connectivity index (χ3n) is 11.3. The smallest absolute Gasteiger partial charge is 0.255 e. The molecule has 2 amide bonds. The van der Waals surface area contributed by atoms with Crippen molar-refractivity contribution in [2.24, 2.45) is 0 Å². The van der Waals surface area contributed by atoms with E-state index in [9.17, 15) is 32.3 Å². The molecular weight excluding hydrogens is 951 g/mol. The first kappa shape index (κ1) is 51.5. The number of hydrogen-bond donors (Lipinski definition) is 4. The number of aryl methyl sites for hydroxylation is 1. The Balaban J connectivity index is 0.777. The molecule has 0 aliphatic carbocycles. The number of pyridine rings is 1. The number of anilines is 1. The van der Waals surface area contributed by atoms with E-state index in [1.165, 1.54) is 23.4 Å². The van der Waals surface area contributed by atoms with E-state index in [1.54, 1.807) is 43.4 Å². The van der Waals surface area contributed by atoms with E-state index >= 15 is 4.39 Å². The van der Waals surface area contributed by atoms with Gasteiger partial charge in [-0.15, -0.1) is 11.3 Å². The number of fused-ring (bicyclic) bond motifs is 1. The van der Waals surface area contributed by atoms with Gasteiger partial charge < -0.3 is 44.0 Å². The van der Waals surface area contributed by atoms with Crippen molar-refractivity contribution in [2.75, 3.05) is 69.9 Å². The Morgan fingerprint density at radius 2 is 1.60 bits per heavy atom. The van der Waals surface area contributed by atoms with E-state index in [-0.39, 0.29) is 105 Å². The number of aliphatic hydroxyl groups excluding tert-OH is 1. The molecule has 4 heterocycles. The second-order valence-electron chi connectivity index (χ2n) is 16.3. The molecule has 2 atom stereocenters. The van der Waals surface area contributed by atoms with Crippen LogP contribution in [0.2, 0.25) is 0 Å². The van der Waals surface area contributed by atoms with E-state index in [1.807, 2.05) is 36.7 Å². The minimum Gasteiger partial charge on any atom is -0.491 e. The van der Waals surface area contributed by atoms with Crippen LogP contribution in [0.15, 0.2) is 78.6 Å². The first-order chi connectivity index (χ1) is 33.7. The molecule has 7 rings (SSSR count). The molecule has 3 aromatic heterocycles. The summed E-state index contributed by atoms with van der Waals surface area (Å²) < 4.78 is 85.2. The number of aromatic amines is 1. The highest BCUT2D eigenvalue weighted by molar-refractivity contribution is 7.92. The van der Waals surface area contributed by atoms with Crippen molar-refractivity contribution in [3.63, 3.8) is 0 Å². The Morgan fingerprint density at radius 1 is 0.900 bits per heavy atom. The van der Waals surface area contributed by atoms with Gasteiger partial charge in [-0.1, -0.05) is 37.3 Å². The number of nitrogens with zero attached hydrogens (tertiary/aromatic N) is 3. The number of thiazole rings is 1. The number of benzene rings is 3. The standard InChI is InChI=1S/C49H54F2N6O11S2/c1-4-22-70(62,63)56-40-13-12-39(50)43(44(40)51)46(59)38-27-53-47-37(38)24-35(26-52-47)67-20-18-65-16-14-64-15-17-66-19-21-68-42-7-5-6-36(30(42)2)49(61)57-28-34(58)23-41(57)48(60)54-25-32-8-10-33(11-9-32)45-31(3)69-29-55-45/h5-13,24,26-27,29,34,41,56,58H,4,14-23,25,28H2,1-3H3,(H,52,53)(H,54,60). The van der Waals surface area contributed by atoms with E-state index in [0.29, 0.717) is 30.1 Å². The quantitative estimate of drug-likeness (QED) is 0.0363. The lowest BCUT2D eigenvalue weighted by atomic mass is 10.0. The Hall–Kier alpha value is -6.36. The Labute approximate surface area is 407 Å². The van der Waals surface area contributed by atoms with Gasteiger partial charge >= 0.3 is 0 Å². The second-order valence-corrected chi connectivity index (χ2v) is 19.2. The average molecular weight is 1010 g/mol. The van der Waals surface area contributed by atoms with Crippen LogP contribution in [0.1, 0.15) is 62.0 Å². The van der Waals surface area contributed by atoms with E-state index < -0.39 is 50.8 Å². The van der Waals surface area contributed by atoms with Crippen LogP contribution in [0.4, 0.5) is 14.5 Å². The van der Waals surface area contributed by atoms with Gasteiger partial charge in [0.15, 0.2) is 5.82 Å². The first-order valence-corrected chi connectivity index (χ1v) is 25.1. The van der Waals surface area contributed by atoms with Crippen molar-refractivity contribution in [2.45, 2.75) is 52.3 Å². The number of ketones is 1. The summed E-state index contributed by atoms with van der Waals surface area (Å²) in [4.78, 5) is 54.5. The monoisotopic (exact) mass is 1000 g/mol. The number of amides is 2. The number of aromatic nitrogens is 3. The molecular formula is C49H54F2N6O11S2. The molecule has 17 nitrogen and oxygen atoms in total. The summed E-state index contributed by atoms with van der Waals surface area (Å²) in [6.07, 6.45) is 2.25. The number of H-pyrrole nitrogens is 1. The lowest BCUT2D eigenvalue weighted by molar-refractivity contribution is -0.125. The molecule has 372 valence electrons. The molecule has 1 fully saturated rings. The molecule has 1 aliphatic rings. The number of likely N-dealkylation sites (tertiary alicyclic amines) is 1. The molecule has 0 bridgehead atoms. The highest BCUT2D eigenvalue weighted by Crippen LogP contribution is 2.30. The lowest BCUT2D eigenvalue weighted by Gasteiger charge is -2.25. The Bertz CT molecular complexity index is 2900. The molecule has 1 saturated heterocycles. The molecule has 1 aliphatic heterocycles. The predicted octanol–water partition coefficient (Wildman–Crippen LogP) is 6.36. The van der Waals surface area contributed by atoms with E-state index in [4.69, 9.17) is 23.7 Å². The summed E-state index contributed by atoms with van der Waals surface area (Å²) in [5, 5.41) is 13.7. The lowest BCUT2D eigenvalue weighted by Crippen LogP contribution is -2.46. The second kappa shape index (κ2) is 24.0. The van der Waals surface area contributed by atoms with Crippen LogP contribution in [0.5, 0.6) is 11.5 Å². The number of sulfonamides is 1. The first-order valence-electron chi connectivity index (χ1n) is 22.6. The highest BCUT2D eigenvalue weighted by Gasteiger charge is 2.39. The normalized spacial score (nSPS) is 14.8. The van der Waals surface area contributed by atoms with Gasteiger partial charge in [0.1, 0.15) is 42.2 Å². The SMILES string of the molecule is CCCS(=O)(=O)Nc1ccc(F)c(C(=O)c2c[nH]c3ncc(OCCOCCOCCOCCOc4cccc(C(=O)N5CC(O)CC5C(=O)NCc5ccc(-c6ncsc6C)cc5)c4C)cc23)c1F. The van der Waals surface area contributed by atoms with Gasteiger partial charge in [0.05, 0.1) is 80.2 Å². The summed E-state index contributed by atoms with van der Waals surface area (Å²) in [5.74, 6) is -3.73. The number of carbonyl (C=O) groups excluding carboxylic acids is 3. The number of carbonyl (C=O) groups is 3. The van der Waals surface area contributed by atoms with Crippen molar-refractivity contribution in [3.8, 4) is 22.8 Å². The number of ether oxygens (including phenoxy) is 5. The molecule has 21 heteroatoms. The third kappa shape index (κ3) is 12.9. The van der Waals surface area contributed by atoms with Gasteiger partial charge in [0.2, 0.25) is 21.7 Å². The fourth-order valence-corrected chi connectivity index (χ4v) is 9.53. The number of hydrogen-bond acceptors (Lipinski definition) is 14. The Kier molecular flexibility index (Phi) is 17.6. The van der Waals surface area contributed by atoms with Crippen molar-refractivity contribution in [3.05, 3.63) is 123 Å². The largest absolute Gasteiger partial charge is 0.491 e. The molecule has 2 unspecified atom stereocenters. The van der Waals surface area contributed by atoms with Crippen molar-refractivity contribution in [1.82, 2.24) is 25.2 Å². The topological polar surface area (TPSA) is 221 Å². The minimum atomic E-state index is -3.91. The van der Waals surface area contributed by atoms with Crippen molar-refractivity contribution >= 4 is 55.7 Å². The van der Waals surface area contributed by atoms with Gasteiger partial charge in [-0.05, 0) is 56.2 Å². The molecule has 4 N–H and O–H groups in total. The zero-order chi connectivity index (χ0) is 49.8. The summed E-state index contributed by atoms with van der Waals surface area (Å²) >= 11 is 1.58. The summed E-state index contributed by atoms with van der Waals surface area (Å²) in [6, 6.07) is 15.3. The zero-order valence-corrected chi connectivity index (χ0v) is 40.4. The van der Waals surface area contributed by atoms with Gasteiger partial charge in [-0.3, -0.25) is 19.1 Å². The van der Waals surface area contributed by atoms with Crippen LogP contribution in [0, 0.1) is 25.5 Å². The maximum Gasteiger partial charge on any atom is 0.255 e. The molecule has 6 aromatic rings. The number of rotatable bonds is 25. The zero-order valence-electron chi connectivity index (χ0n) is 38.8. The van der Waals surface area contributed by atoms with Crippen LogP contribution in [0.25, 0.3) is 22.3 Å². The van der Waals surface area contributed by atoms with Crippen LogP contribution < -0.4 is 19.5 Å². The Morgan fingerprint density at radius 3 is 2.29 bits per heavy atom. The molecule has 0 spiro atoms. The van der Waals surface area contributed by atoms with Crippen LogP contribution in [0.3, 0.4) is 0 Å². The maximum absolute atomic E-state index is 15.4. The fourth-order valence-electron chi connectivity index (χ4n) is 7.80. The fraction of sp³-hybridized carbons (Fsp3) is 0.367. The molecule has 0 radical (unpaired) electrons. The van der Waals surface area contributed by atoms with Gasteiger partial charge in [0, 0.05) is 58.2 Å². The maximum atomic E-state index is 15.4. The highest BCUT2D eigenvalue weighted by atomic mass is 32.2. The van der Waals surface area contributed by atoms with Gasteiger partial charge in [-0.2, -0.15) is 0 Å². The van der Waals surface area contributed by atoms with E-state index in [0.717, 1.165) is 33.8 Å². The molecule has 70 heavy (non-hydrogen) atoms.